The van der Waals surface area contributed by atoms with E-state index in [1.54, 1.807) is 0 Å². The van der Waals surface area contributed by atoms with Crippen LogP contribution in [0.25, 0.3) is 0 Å². The first-order valence-corrected chi connectivity index (χ1v) is 7.90. The van der Waals surface area contributed by atoms with Gasteiger partial charge in [-0.25, -0.2) is 0 Å². The first-order chi connectivity index (χ1) is 8.85. The first-order valence-electron chi connectivity index (χ1n) is 7.46. The van der Waals surface area contributed by atoms with Crippen molar-refractivity contribution in [3.63, 3.8) is 0 Å². The van der Waals surface area contributed by atoms with Gasteiger partial charge >= 0.3 is 5.97 Å². The molecule has 0 aromatic rings. The lowest BCUT2D eigenvalue weighted by atomic mass is 10.1. The summed E-state index contributed by atoms with van der Waals surface area (Å²) in [7, 11) is 0. The van der Waals surface area contributed by atoms with E-state index in [0.717, 1.165) is 38.8 Å². The van der Waals surface area contributed by atoms with Crippen molar-refractivity contribution < 1.29 is 9.53 Å². The molecule has 2 aliphatic rings. The number of ether oxygens (including phenoxy) is 1. The number of halogens is 1. The van der Waals surface area contributed by atoms with Crippen molar-refractivity contribution in [3.8, 4) is 0 Å². The van der Waals surface area contributed by atoms with Gasteiger partial charge in [-0.05, 0) is 65.3 Å². The second kappa shape index (κ2) is 6.01. The number of esters is 1. The Morgan fingerprint density at radius 2 is 2.05 bits per heavy atom. The lowest BCUT2D eigenvalue weighted by Crippen LogP contribution is -2.42. The number of rotatable bonds is 3. The minimum Gasteiger partial charge on any atom is -0.459 e. The largest absolute Gasteiger partial charge is 0.459 e. The van der Waals surface area contributed by atoms with Crippen molar-refractivity contribution in [2.45, 2.75) is 69.9 Å². The molecule has 1 aliphatic carbocycles. The Kier molecular flexibility index (Phi) is 4.78. The van der Waals surface area contributed by atoms with Crippen molar-refractivity contribution >= 4 is 17.6 Å². The molecule has 0 amide bonds. The van der Waals surface area contributed by atoms with Gasteiger partial charge in [0.2, 0.25) is 0 Å². The van der Waals surface area contributed by atoms with Crippen molar-refractivity contribution in [1.29, 1.82) is 0 Å². The van der Waals surface area contributed by atoms with Gasteiger partial charge in [0.1, 0.15) is 11.6 Å². The van der Waals surface area contributed by atoms with Crippen LogP contribution in [0.4, 0.5) is 0 Å². The van der Waals surface area contributed by atoms with Crippen LogP contribution in [0.1, 0.15) is 52.9 Å². The Morgan fingerprint density at radius 1 is 1.32 bits per heavy atom. The molecule has 19 heavy (non-hydrogen) atoms. The fraction of sp³-hybridized carbons (Fsp3) is 0.933. The van der Waals surface area contributed by atoms with E-state index in [1.165, 1.54) is 6.42 Å². The van der Waals surface area contributed by atoms with E-state index in [4.69, 9.17) is 16.3 Å². The van der Waals surface area contributed by atoms with Crippen LogP contribution in [0.15, 0.2) is 0 Å². The zero-order valence-corrected chi connectivity index (χ0v) is 13.1. The molecule has 0 aromatic carbocycles. The van der Waals surface area contributed by atoms with Crippen molar-refractivity contribution in [2.75, 3.05) is 13.1 Å². The first kappa shape index (κ1) is 15.1. The summed E-state index contributed by atoms with van der Waals surface area (Å²) < 4.78 is 5.53. The summed E-state index contributed by atoms with van der Waals surface area (Å²) in [5.41, 5.74) is -0.389. The highest BCUT2D eigenvalue weighted by Gasteiger charge is 2.36. The van der Waals surface area contributed by atoms with Gasteiger partial charge in [0.15, 0.2) is 0 Å². The molecular formula is C15H26ClNO2. The Morgan fingerprint density at radius 3 is 2.63 bits per heavy atom. The lowest BCUT2D eigenvalue weighted by molar-refractivity contribution is -0.160. The number of carbonyl (C=O) groups excluding carboxylic acids is 1. The second-order valence-electron chi connectivity index (χ2n) is 6.96. The molecule has 1 aliphatic heterocycles. The van der Waals surface area contributed by atoms with Crippen molar-refractivity contribution in [3.05, 3.63) is 0 Å². The normalized spacial score (nSPS) is 32.7. The smallest absolute Gasteiger partial charge is 0.323 e. The Balaban J connectivity index is 1.88. The number of carbonyl (C=O) groups is 1. The van der Waals surface area contributed by atoms with Gasteiger partial charge in [-0.2, -0.15) is 0 Å². The lowest BCUT2D eigenvalue weighted by Gasteiger charge is -2.29. The van der Waals surface area contributed by atoms with E-state index in [0.29, 0.717) is 11.3 Å². The maximum Gasteiger partial charge on any atom is 0.323 e. The van der Waals surface area contributed by atoms with Crippen molar-refractivity contribution in [1.82, 2.24) is 4.90 Å². The Bertz CT molecular complexity index is 327. The molecule has 2 rings (SSSR count). The van der Waals surface area contributed by atoms with Crippen molar-refractivity contribution in [2.24, 2.45) is 5.92 Å². The predicted molar refractivity (Wildman–Crippen MR) is 77.4 cm³/mol. The third-order valence-electron chi connectivity index (χ3n) is 4.01. The molecule has 1 saturated carbocycles. The fourth-order valence-electron chi connectivity index (χ4n) is 3.19. The molecule has 2 fully saturated rings. The van der Waals surface area contributed by atoms with Gasteiger partial charge in [-0.1, -0.05) is 0 Å². The second-order valence-corrected chi connectivity index (χ2v) is 7.58. The van der Waals surface area contributed by atoms with Crippen LogP contribution in [0.2, 0.25) is 0 Å². The summed E-state index contributed by atoms with van der Waals surface area (Å²) in [6.45, 7) is 7.82. The average molecular weight is 288 g/mol. The van der Waals surface area contributed by atoms with E-state index >= 15 is 0 Å². The summed E-state index contributed by atoms with van der Waals surface area (Å²) in [5, 5.41) is 0.340. The van der Waals surface area contributed by atoms with Gasteiger partial charge in [0, 0.05) is 11.9 Å². The van der Waals surface area contributed by atoms with Crippen LogP contribution in [-0.2, 0) is 9.53 Å². The quantitative estimate of drug-likeness (QED) is 0.590. The summed E-state index contributed by atoms with van der Waals surface area (Å²) >= 11 is 6.17. The van der Waals surface area contributed by atoms with Gasteiger partial charge in [-0.3, -0.25) is 9.69 Å². The molecule has 4 heteroatoms. The molecule has 1 heterocycles. The molecule has 3 atom stereocenters. The van der Waals surface area contributed by atoms with Crippen LogP contribution < -0.4 is 0 Å². The summed E-state index contributed by atoms with van der Waals surface area (Å²) in [5.74, 6) is 0.607. The maximum absolute atomic E-state index is 12.2. The van der Waals surface area contributed by atoms with Gasteiger partial charge in [0.25, 0.3) is 0 Å². The summed E-state index contributed by atoms with van der Waals surface area (Å²) in [6, 6.07) is -0.0337. The average Bonchev–Trinajstić information content (AvgIpc) is 2.86. The van der Waals surface area contributed by atoms with E-state index in [9.17, 15) is 4.79 Å². The molecule has 3 unspecified atom stereocenters. The Labute approximate surface area is 121 Å². The van der Waals surface area contributed by atoms with E-state index in [1.807, 2.05) is 20.8 Å². The highest BCUT2D eigenvalue weighted by molar-refractivity contribution is 6.20. The molecule has 0 aromatic heterocycles. The van der Waals surface area contributed by atoms with E-state index < -0.39 is 0 Å². The van der Waals surface area contributed by atoms with Gasteiger partial charge < -0.3 is 4.74 Å². The molecule has 1 saturated heterocycles. The fourth-order valence-corrected chi connectivity index (χ4v) is 3.57. The van der Waals surface area contributed by atoms with E-state index in [2.05, 4.69) is 4.90 Å². The monoisotopic (exact) mass is 287 g/mol. The summed E-state index contributed by atoms with van der Waals surface area (Å²) in [6.07, 6.45) is 5.45. The summed E-state index contributed by atoms with van der Waals surface area (Å²) in [4.78, 5) is 14.5. The van der Waals surface area contributed by atoms with Crippen LogP contribution >= 0.6 is 11.6 Å². The van der Waals surface area contributed by atoms with Gasteiger partial charge in [0.05, 0.1) is 0 Å². The molecule has 3 nitrogen and oxygen atoms in total. The predicted octanol–water partition coefficient (Wildman–Crippen LogP) is 3.20. The molecular weight excluding hydrogens is 262 g/mol. The van der Waals surface area contributed by atoms with Crippen LogP contribution in [-0.4, -0.2) is 41.0 Å². The van der Waals surface area contributed by atoms with Crippen LogP contribution in [0.3, 0.4) is 0 Å². The van der Waals surface area contributed by atoms with Gasteiger partial charge in [-0.15, -0.1) is 11.6 Å². The van der Waals surface area contributed by atoms with Crippen LogP contribution in [0.5, 0.6) is 0 Å². The molecule has 0 radical (unpaired) electrons. The number of hydrogen-bond donors (Lipinski definition) is 0. The minimum absolute atomic E-state index is 0.0337. The highest BCUT2D eigenvalue weighted by Crippen LogP contribution is 2.32. The zero-order valence-electron chi connectivity index (χ0n) is 12.3. The highest BCUT2D eigenvalue weighted by atomic mass is 35.5. The molecule has 0 N–H and O–H groups in total. The third kappa shape index (κ3) is 4.35. The van der Waals surface area contributed by atoms with E-state index in [-0.39, 0.29) is 17.6 Å². The Hall–Kier alpha value is -0.280. The topological polar surface area (TPSA) is 29.5 Å². The molecule has 0 spiro atoms. The zero-order chi connectivity index (χ0) is 14.0. The maximum atomic E-state index is 12.2. The number of likely N-dealkylation sites (tertiary alicyclic amines) is 1. The molecule has 0 bridgehead atoms. The minimum atomic E-state index is -0.389. The van der Waals surface area contributed by atoms with Crippen LogP contribution in [0, 0.1) is 5.92 Å². The SMILES string of the molecule is CC(C)(C)OC(=O)C1CCCN1CC1CCC(Cl)C1. The number of alkyl halides is 1. The number of nitrogens with zero attached hydrogens (tertiary/aromatic N) is 1. The third-order valence-corrected chi connectivity index (χ3v) is 4.41. The molecule has 110 valence electrons. The number of hydrogen-bond acceptors (Lipinski definition) is 3. The standard InChI is InChI=1S/C15H26ClNO2/c1-15(2,3)19-14(18)13-5-4-8-17(13)10-11-6-7-12(16)9-11/h11-13H,4-10H2,1-3H3.